The minimum absolute atomic E-state index is 0.0322. The zero-order valence-corrected chi connectivity index (χ0v) is 21.1. The number of carboxylic acid groups (broad SMARTS) is 1. The van der Waals surface area contributed by atoms with Gasteiger partial charge in [0.05, 0.1) is 17.3 Å². The van der Waals surface area contributed by atoms with Crippen molar-refractivity contribution in [1.29, 1.82) is 0 Å². The van der Waals surface area contributed by atoms with Crippen LogP contribution >= 0.6 is 12.2 Å². The molecule has 3 N–H and O–H groups in total. The maximum atomic E-state index is 11.9. The monoisotopic (exact) mass is 528 g/mol. The van der Waals surface area contributed by atoms with E-state index in [0.29, 0.717) is 22.3 Å². The van der Waals surface area contributed by atoms with Crippen molar-refractivity contribution in [2.75, 3.05) is 23.9 Å². The molecular formula is C28H24N4O5S. The summed E-state index contributed by atoms with van der Waals surface area (Å²) in [5.74, 6) is 0.0278. The number of pyridine rings is 1. The van der Waals surface area contributed by atoms with Gasteiger partial charge in [0, 0.05) is 30.2 Å². The van der Waals surface area contributed by atoms with Gasteiger partial charge in [-0.2, -0.15) is 0 Å². The van der Waals surface area contributed by atoms with Gasteiger partial charge in [0.1, 0.15) is 24.2 Å². The Bertz CT molecular complexity index is 1450. The molecule has 5 rings (SSSR count). The average Bonchev–Trinajstić information content (AvgIpc) is 3.54. The maximum Gasteiger partial charge on any atom is 0.335 e. The molecule has 1 aliphatic heterocycles. The largest absolute Gasteiger partial charge is 0.478 e. The van der Waals surface area contributed by atoms with E-state index < -0.39 is 5.97 Å². The molecule has 0 radical (unpaired) electrons. The first kappa shape index (κ1) is 25.1. The van der Waals surface area contributed by atoms with Gasteiger partial charge in [-0.1, -0.05) is 18.2 Å². The van der Waals surface area contributed by atoms with Crippen LogP contribution in [0.1, 0.15) is 33.9 Å². The van der Waals surface area contributed by atoms with E-state index in [-0.39, 0.29) is 30.2 Å². The number of anilines is 2. The van der Waals surface area contributed by atoms with E-state index >= 15 is 0 Å². The van der Waals surface area contributed by atoms with Gasteiger partial charge in [-0.15, -0.1) is 0 Å². The third-order valence-electron chi connectivity index (χ3n) is 6.14. The number of aromatic carboxylic acids is 1. The Morgan fingerprint density at radius 1 is 1.08 bits per heavy atom. The molecule has 2 aromatic heterocycles. The molecule has 38 heavy (non-hydrogen) atoms. The molecule has 192 valence electrons. The van der Waals surface area contributed by atoms with Gasteiger partial charge in [-0.3, -0.25) is 9.78 Å². The topological polar surface area (TPSA) is 117 Å². The number of nitrogens with one attached hydrogen (secondary N) is 2. The smallest absolute Gasteiger partial charge is 0.335 e. The van der Waals surface area contributed by atoms with Crippen LogP contribution in [0.25, 0.3) is 11.3 Å². The number of carboxylic acids is 1. The summed E-state index contributed by atoms with van der Waals surface area (Å²) in [5.41, 5.74) is 3.20. The van der Waals surface area contributed by atoms with E-state index in [1.54, 1.807) is 42.6 Å². The molecule has 0 unspecified atom stereocenters. The lowest BCUT2D eigenvalue weighted by molar-refractivity contribution is -0.119. The van der Waals surface area contributed by atoms with E-state index in [4.69, 9.17) is 21.4 Å². The molecule has 1 fully saturated rings. The Kier molecular flexibility index (Phi) is 7.16. The maximum absolute atomic E-state index is 11.9. The standard InChI is InChI=1S/C28H24N4O5S/c1-36-16-24(33)30-19-9-11-20(12-10-19)32-26(25(31-28(32)38)21-4-2-3-15-29-21)23-14-13-22(37-23)17-5-7-18(8-6-17)27(34)35/h2-15,25-26H,16H2,1H3,(H,30,33)(H,31,38)(H,34,35)/t25-,26-/m0/s1. The van der Waals surface area contributed by atoms with Crippen molar-refractivity contribution in [1.82, 2.24) is 10.3 Å². The summed E-state index contributed by atoms with van der Waals surface area (Å²) in [4.78, 5) is 29.6. The van der Waals surface area contributed by atoms with Crippen LogP contribution in [0, 0.1) is 0 Å². The lowest BCUT2D eigenvalue weighted by Gasteiger charge is -2.26. The normalized spacial score (nSPS) is 16.8. The lowest BCUT2D eigenvalue weighted by Crippen LogP contribution is -2.29. The molecule has 1 amide bonds. The minimum Gasteiger partial charge on any atom is -0.478 e. The molecule has 2 aromatic carbocycles. The van der Waals surface area contributed by atoms with Crippen LogP contribution in [0.2, 0.25) is 0 Å². The molecule has 0 spiro atoms. The fourth-order valence-corrected chi connectivity index (χ4v) is 4.75. The van der Waals surface area contributed by atoms with Crippen molar-refractivity contribution in [2.45, 2.75) is 12.1 Å². The first-order valence-electron chi connectivity index (χ1n) is 11.8. The van der Waals surface area contributed by atoms with Gasteiger partial charge in [0.25, 0.3) is 0 Å². The average molecular weight is 529 g/mol. The van der Waals surface area contributed by atoms with Crippen molar-refractivity contribution in [3.05, 3.63) is 102 Å². The van der Waals surface area contributed by atoms with Gasteiger partial charge in [0.15, 0.2) is 5.11 Å². The van der Waals surface area contributed by atoms with Crippen LogP contribution in [0.3, 0.4) is 0 Å². The summed E-state index contributed by atoms with van der Waals surface area (Å²) >= 11 is 5.76. The highest BCUT2D eigenvalue weighted by Gasteiger charge is 2.42. The summed E-state index contributed by atoms with van der Waals surface area (Å²) in [6.07, 6.45) is 1.73. The van der Waals surface area contributed by atoms with Crippen molar-refractivity contribution in [3.63, 3.8) is 0 Å². The second-order valence-corrected chi connectivity index (χ2v) is 9.00. The van der Waals surface area contributed by atoms with Gasteiger partial charge in [0.2, 0.25) is 5.91 Å². The van der Waals surface area contributed by atoms with E-state index in [0.717, 1.165) is 16.9 Å². The summed E-state index contributed by atoms with van der Waals surface area (Å²) in [6, 6.07) is 22.7. The second-order valence-electron chi connectivity index (χ2n) is 8.61. The fraction of sp³-hybridized carbons (Fsp3) is 0.143. The fourth-order valence-electron chi connectivity index (χ4n) is 4.40. The molecule has 2 atom stereocenters. The van der Waals surface area contributed by atoms with Crippen LogP contribution in [0.4, 0.5) is 11.4 Å². The number of amides is 1. The first-order valence-corrected chi connectivity index (χ1v) is 12.2. The summed E-state index contributed by atoms with van der Waals surface area (Å²) in [5, 5.41) is 15.9. The Balaban J connectivity index is 1.49. The number of hydrogen-bond donors (Lipinski definition) is 3. The molecular weight excluding hydrogens is 504 g/mol. The third-order valence-corrected chi connectivity index (χ3v) is 6.45. The zero-order valence-electron chi connectivity index (χ0n) is 20.3. The number of ether oxygens (including phenoxy) is 1. The first-order chi connectivity index (χ1) is 18.4. The number of nitrogens with zero attached hydrogens (tertiary/aromatic N) is 2. The Morgan fingerprint density at radius 3 is 2.50 bits per heavy atom. The highest BCUT2D eigenvalue weighted by atomic mass is 32.1. The molecule has 0 aliphatic carbocycles. The minimum atomic E-state index is -0.986. The molecule has 4 aromatic rings. The number of benzene rings is 2. The molecule has 10 heteroatoms. The molecule has 1 aliphatic rings. The Labute approximate surface area is 224 Å². The van der Waals surface area contributed by atoms with Crippen LogP contribution in [-0.4, -0.2) is 40.8 Å². The van der Waals surface area contributed by atoms with Gasteiger partial charge in [-0.05, 0) is 72.9 Å². The molecule has 0 bridgehead atoms. The highest BCUT2D eigenvalue weighted by Crippen LogP contribution is 2.43. The lowest BCUT2D eigenvalue weighted by atomic mass is 10.0. The number of carbonyl (C=O) groups is 2. The van der Waals surface area contributed by atoms with Crippen LogP contribution in [0.15, 0.2) is 89.5 Å². The number of methoxy groups -OCH3 is 1. The number of rotatable bonds is 8. The van der Waals surface area contributed by atoms with Crippen LogP contribution in [0.5, 0.6) is 0 Å². The van der Waals surface area contributed by atoms with Crippen molar-refractivity contribution < 1.29 is 23.8 Å². The number of furan rings is 1. The predicted octanol–water partition coefficient (Wildman–Crippen LogP) is 4.80. The number of carbonyl (C=O) groups excluding carboxylic acids is 1. The summed E-state index contributed by atoms with van der Waals surface area (Å²) in [6.45, 7) is -0.0322. The van der Waals surface area contributed by atoms with E-state index in [1.807, 2.05) is 47.4 Å². The van der Waals surface area contributed by atoms with Gasteiger partial charge >= 0.3 is 5.97 Å². The van der Waals surface area contributed by atoms with Crippen molar-refractivity contribution >= 4 is 40.6 Å². The molecule has 0 saturated carbocycles. The summed E-state index contributed by atoms with van der Waals surface area (Å²) < 4.78 is 11.2. The zero-order chi connectivity index (χ0) is 26.6. The molecule has 1 saturated heterocycles. The van der Waals surface area contributed by atoms with Crippen molar-refractivity contribution in [2.24, 2.45) is 0 Å². The number of thiocarbonyl (C=S) groups is 1. The highest BCUT2D eigenvalue weighted by molar-refractivity contribution is 7.80. The van der Waals surface area contributed by atoms with Crippen LogP contribution in [-0.2, 0) is 9.53 Å². The summed E-state index contributed by atoms with van der Waals surface area (Å²) in [7, 11) is 1.47. The van der Waals surface area contributed by atoms with Gasteiger partial charge < -0.3 is 29.8 Å². The quantitative estimate of drug-likeness (QED) is 0.277. The molecule has 9 nitrogen and oxygen atoms in total. The number of aromatic nitrogens is 1. The second kappa shape index (κ2) is 10.8. The number of hydrogen-bond acceptors (Lipinski definition) is 6. The van der Waals surface area contributed by atoms with Crippen molar-refractivity contribution in [3.8, 4) is 11.3 Å². The predicted molar refractivity (Wildman–Crippen MR) is 146 cm³/mol. The Morgan fingerprint density at radius 2 is 1.84 bits per heavy atom. The molecule has 3 heterocycles. The van der Waals surface area contributed by atoms with E-state index in [2.05, 4.69) is 15.6 Å². The van der Waals surface area contributed by atoms with E-state index in [1.165, 1.54) is 7.11 Å². The van der Waals surface area contributed by atoms with E-state index in [9.17, 15) is 14.7 Å². The van der Waals surface area contributed by atoms with Gasteiger partial charge in [-0.25, -0.2) is 4.79 Å². The van der Waals surface area contributed by atoms with Crippen LogP contribution < -0.4 is 15.5 Å². The Hall–Kier alpha value is -4.54. The SMILES string of the molecule is COCC(=O)Nc1ccc(N2C(=S)N[C@@H](c3ccccn3)[C@@H]2c2ccc(-c3ccc(C(=O)O)cc3)o2)cc1. The third kappa shape index (κ3) is 5.13.